The second kappa shape index (κ2) is 6.11. The van der Waals surface area contributed by atoms with Gasteiger partial charge in [-0.1, -0.05) is 30.3 Å². The second-order valence-electron chi connectivity index (χ2n) is 6.08. The zero-order chi connectivity index (χ0) is 18.3. The smallest absolute Gasteiger partial charge is 0.284 e. The molecule has 0 saturated carbocycles. The molecule has 2 heterocycles. The molecule has 0 aliphatic heterocycles. The van der Waals surface area contributed by atoms with Crippen LogP contribution < -0.4 is 0 Å². The number of benzene rings is 2. The van der Waals surface area contributed by atoms with Crippen molar-refractivity contribution in [2.45, 2.75) is 13.5 Å². The van der Waals surface area contributed by atoms with Crippen LogP contribution in [0, 0.1) is 6.92 Å². The molecule has 130 valence electrons. The van der Waals surface area contributed by atoms with Crippen LogP contribution in [0.25, 0.3) is 21.9 Å². The van der Waals surface area contributed by atoms with Crippen LogP contribution in [0.2, 0.25) is 0 Å². The molecule has 7 nitrogen and oxygen atoms in total. The summed E-state index contributed by atoms with van der Waals surface area (Å²) >= 11 is 0. The minimum atomic E-state index is -0.413. The van der Waals surface area contributed by atoms with E-state index in [1.54, 1.807) is 16.2 Å². The van der Waals surface area contributed by atoms with E-state index in [1.165, 1.54) is 0 Å². The second-order valence-corrected chi connectivity index (χ2v) is 6.08. The number of carbonyl (C=O) groups is 1. The highest BCUT2D eigenvalue weighted by Gasteiger charge is 2.15. The summed E-state index contributed by atoms with van der Waals surface area (Å²) in [5, 5.41) is 18.8. The van der Waals surface area contributed by atoms with Gasteiger partial charge in [-0.15, -0.1) is 10.2 Å². The molecule has 0 unspecified atom stereocenters. The van der Waals surface area contributed by atoms with E-state index in [2.05, 4.69) is 15.2 Å². The van der Waals surface area contributed by atoms with E-state index < -0.39 is 5.91 Å². The average molecular weight is 347 g/mol. The molecule has 1 amide bonds. The molecule has 0 fully saturated rings. The fourth-order valence-electron chi connectivity index (χ4n) is 3.13. The van der Waals surface area contributed by atoms with Crippen molar-refractivity contribution in [1.29, 1.82) is 0 Å². The van der Waals surface area contributed by atoms with Gasteiger partial charge < -0.3 is 14.2 Å². The topological polar surface area (TPSA) is 84.8 Å². The predicted octanol–water partition coefficient (Wildman–Crippen LogP) is 3.85. The number of hydrogen-bond donors (Lipinski definition) is 1. The van der Waals surface area contributed by atoms with E-state index in [9.17, 15) is 9.90 Å². The molecule has 26 heavy (non-hydrogen) atoms. The van der Waals surface area contributed by atoms with Crippen LogP contribution in [0.4, 0.5) is 5.69 Å². The number of azo groups is 1. The number of rotatable bonds is 3. The van der Waals surface area contributed by atoms with Gasteiger partial charge in [0.25, 0.3) is 5.91 Å². The number of aromatic hydroxyl groups is 1. The van der Waals surface area contributed by atoms with Gasteiger partial charge in [-0.2, -0.15) is 0 Å². The SMILES string of the molecule is Cc1nc2ccccc2n1CC(=O)N=Nc1c(O)n(C)c2ccccc12. The molecule has 7 heteroatoms. The molecule has 0 spiro atoms. The van der Waals surface area contributed by atoms with Crippen molar-refractivity contribution in [3.63, 3.8) is 0 Å². The standard InChI is InChI=1S/C19H17N5O2/c1-12-20-14-8-4-6-10-16(14)24(12)11-17(25)21-22-18-13-7-3-5-9-15(13)23(2)19(18)26/h3-10,26H,11H2,1-2H3. The number of nitrogens with zero attached hydrogens (tertiary/aromatic N) is 5. The number of imidazole rings is 1. The number of aromatic nitrogens is 3. The first-order chi connectivity index (χ1) is 12.6. The lowest BCUT2D eigenvalue weighted by Gasteiger charge is -2.02. The number of para-hydroxylation sites is 3. The molecule has 0 radical (unpaired) electrons. The maximum Gasteiger partial charge on any atom is 0.284 e. The van der Waals surface area contributed by atoms with Gasteiger partial charge in [-0.3, -0.25) is 4.79 Å². The quantitative estimate of drug-likeness (QED) is 0.571. The van der Waals surface area contributed by atoms with Crippen molar-refractivity contribution in [2.24, 2.45) is 17.3 Å². The Labute approximate surface area is 149 Å². The van der Waals surface area contributed by atoms with Crippen LogP contribution >= 0.6 is 0 Å². The third-order valence-corrected chi connectivity index (χ3v) is 4.45. The number of fused-ring (bicyclic) bond motifs is 2. The maximum atomic E-state index is 12.3. The van der Waals surface area contributed by atoms with Crippen LogP contribution in [0.5, 0.6) is 5.88 Å². The van der Waals surface area contributed by atoms with Crippen molar-refractivity contribution in [2.75, 3.05) is 0 Å². The number of aryl methyl sites for hydroxylation is 2. The Morgan fingerprint density at radius 1 is 1.12 bits per heavy atom. The Balaban J connectivity index is 1.65. The lowest BCUT2D eigenvalue weighted by Crippen LogP contribution is -2.08. The summed E-state index contributed by atoms with van der Waals surface area (Å²) in [7, 11) is 1.74. The number of amides is 1. The fraction of sp³-hybridized carbons (Fsp3) is 0.158. The van der Waals surface area contributed by atoms with Crippen molar-refractivity contribution in [1.82, 2.24) is 14.1 Å². The van der Waals surface area contributed by atoms with Gasteiger partial charge in [0.05, 0.1) is 16.6 Å². The third kappa shape index (κ3) is 2.54. The van der Waals surface area contributed by atoms with E-state index in [-0.39, 0.29) is 12.4 Å². The van der Waals surface area contributed by atoms with E-state index in [0.717, 1.165) is 27.8 Å². The molecule has 0 aliphatic carbocycles. The molecule has 0 aliphatic rings. The molecule has 2 aromatic carbocycles. The summed E-state index contributed by atoms with van der Waals surface area (Å²) in [6.07, 6.45) is 0. The molecular weight excluding hydrogens is 330 g/mol. The van der Waals surface area contributed by atoms with Gasteiger partial charge in [0, 0.05) is 12.4 Å². The summed E-state index contributed by atoms with van der Waals surface area (Å²) in [6, 6.07) is 15.1. The van der Waals surface area contributed by atoms with Gasteiger partial charge >= 0.3 is 0 Å². The molecule has 0 bridgehead atoms. The van der Waals surface area contributed by atoms with Crippen molar-refractivity contribution < 1.29 is 9.90 Å². The van der Waals surface area contributed by atoms with Crippen LogP contribution in [-0.4, -0.2) is 25.1 Å². The molecular formula is C19H17N5O2. The van der Waals surface area contributed by atoms with E-state index >= 15 is 0 Å². The normalized spacial score (nSPS) is 11.8. The first-order valence-corrected chi connectivity index (χ1v) is 8.19. The third-order valence-electron chi connectivity index (χ3n) is 4.45. The van der Waals surface area contributed by atoms with Gasteiger partial charge in [-0.05, 0) is 25.1 Å². The molecule has 4 aromatic rings. The van der Waals surface area contributed by atoms with Crippen LogP contribution in [0.15, 0.2) is 58.8 Å². The Hall–Kier alpha value is -3.48. The summed E-state index contributed by atoms with van der Waals surface area (Å²) in [6.45, 7) is 1.89. The highest BCUT2D eigenvalue weighted by Crippen LogP contribution is 2.37. The Kier molecular flexibility index (Phi) is 3.76. The average Bonchev–Trinajstić information content (AvgIpc) is 3.09. The molecule has 0 atom stereocenters. The number of hydrogen-bond acceptors (Lipinski definition) is 4. The largest absolute Gasteiger partial charge is 0.493 e. The molecule has 4 rings (SSSR count). The lowest BCUT2D eigenvalue weighted by atomic mass is 10.2. The first-order valence-electron chi connectivity index (χ1n) is 8.19. The Bertz CT molecular complexity index is 1170. The van der Waals surface area contributed by atoms with Crippen LogP contribution in [0.1, 0.15) is 5.82 Å². The molecule has 0 saturated heterocycles. The highest BCUT2D eigenvalue weighted by molar-refractivity contribution is 5.95. The van der Waals surface area contributed by atoms with Crippen LogP contribution in [0.3, 0.4) is 0 Å². The minimum Gasteiger partial charge on any atom is -0.493 e. The van der Waals surface area contributed by atoms with Gasteiger partial charge in [0.1, 0.15) is 12.4 Å². The van der Waals surface area contributed by atoms with Gasteiger partial charge in [-0.25, -0.2) is 4.98 Å². The zero-order valence-corrected chi connectivity index (χ0v) is 14.4. The zero-order valence-electron chi connectivity index (χ0n) is 14.4. The molecule has 1 N–H and O–H groups in total. The fourth-order valence-corrected chi connectivity index (χ4v) is 3.13. The Morgan fingerprint density at radius 3 is 2.62 bits per heavy atom. The summed E-state index contributed by atoms with van der Waals surface area (Å²) in [5.41, 5.74) is 2.83. The highest BCUT2D eigenvalue weighted by atomic mass is 16.3. The van der Waals surface area contributed by atoms with E-state index in [0.29, 0.717) is 5.69 Å². The lowest BCUT2D eigenvalue weighted by molar-refractivity contribution is -0.118. The van der Waals surface area contributed by atoms with Crippen molar-refractivity contribution in [3.8, 4) is 5.88 Å². The van der Waals surface area contributed by atoms with Gasteiger partial charge in [0.2, 0.25) is 5.88 Å². The minimum absolute atomic E-state index is 0.0213. The molecule has 2 aromatic heterocycles. The predicted molar refractivity (Wildman–Crippen MR) is 98.6 cm³/mol. The first kappa shape index (κ1) is 16.0. The van der Waals surface area contributed by atoms with Crippen LogP contribution in [-0.2, 0) is 18.4 Å². The van der Waals surface area contributed by atoms with Crippen molar-refractivity contribution >= 4 is 33.5 Å². The van der Waals surface area contributed by atoms with Gasteiger partial charge in [0.15, 0.2) is 5.69 Å². The summed E-state index contributed by atoms with van der Waals surface area (Å²) < 4.78 is 3.42. The monoisotopic (exact) mass is 347 g/mol. The van der Waals surface area contributed by atoms with Crippen molar-refractivity contribution in [3.05, 3.63) is 54.4 Å². The van der Waals surface area contributed by atoms with E-state index in [4.69, 9.17) is 0 Å². The summed E-state index contributed by atoms with van der Waals surface area (Å²) in [5.74, 6) is 0.304. The van der Waals surface area contributed by atoms with E-state index in [1.807, 2.05) is 55.5 Å². The maximum absolute atomic E-state index is 12.3. The number of carbonyl (C=O) groups excluding carboxylic acids is 1. The summed E-state index contributed by atoms with van der Waals surface area (Å²) in [4.78, 5) is 16.8. The Morgan fingerprint density at radius 2 is 1.81 bits per heavy atom.